The summed E-state index contributed by atoms with van der Waals surface area (Å²) >= 11 is 0. The third-order valence-electron chi connectivity index (χ3n) is 4.74. The first-order valence-corrected chi connectivity index (χ1v) is 9.49. The van der Waals surface area contributed by atoms with Crippen molar-refractivity contribution in [3.8, 4) is 17.2 Å². The summed E-state index contributed by atoms with van der Waals surface area (Å²) in [4.78, 5) is 22.3. The first-order valence-electron chi connectivity index (χ1n) is 9.49. The minimum absolute atomic E-state index is 0.0356. The second-order valence-corrected chi connectivity index (χ2v) is 6.88. The molecule has 2 aromatic carbocycles. The van der Waals surface area contributed by atoms with Gasteiger partial charge in [0.1, 0.15) is 25.1 Å². The summed E-state index contributed by atoms with van der Waals surface area (Å²) in [6.45, 7) is 3.06. The number of ether oxygens (including phenoxy) is 4. The standard InChI is InChI=1S/C23H24O7/c1-14(24)28-10-4-5-16-6-9-21-18(11-16)19(13-29-15(2)25)23(30-21)17-7-8-20(26)22(12-17)27-3/h4-9,11-12,19,23,26H,10,13H2,1-3H3/b5-4+. The number of carbonyl (C=O) groups excluding carboxylic acids is 2. The molecule has 1 aliphatic heterocycles. The molecule has 0 fully saturated rings. The number of methoxy groups -OCH3 is 1. The van der Waals surface area contributed by atoms with E-state index in [1.165, 1.54) is 21.0 Å². The number of phenolic OH excluding ortho intramolecular Hbond substituents is 1. The Kier molecular flexibility index (Phi) is 6.61. The molecule has 7 nitrogen and oxygen atoms in total. The average molecular weight is 412 g/mol. The fourth-order valence-corrected chi connectivity index (χ4v) is 3.36. The molecule has 30 heavy (non-hydrogen) atoms. The van der Waals surface area contributed by atoms with Gasteiger partial charge in [-0.3, -0.25) is 9.59 Å². The monoisotopic (exact) mass is 412 g/mol. The van der Waals surface area contributed by atoms with Gasteiger partial charge in [-0.25, -0.2) is 0 Å². The molecule has 2 aromatic rings. The van der Waals surface area contributed by atoms with Gasteiger partial charge in [0.05, 0.1) is 13.0 Å². The summed E-state index contributed by atoms with van der Waals surface area (Å²) < 4.78 is 21.6. The van der Waals surface area contributed by atoms with Gasteiger partial charge in [0.2, 0.25) is 0 Å². The van der Waals surface area contributed by atoms with Crippen LogP contribution in [0.25, 0.3) is 6.08 Å². The van der Waals surface area contributed by atoms with Crippen LogP contribution in [0.5, 0.6) is 17.2 Å². The first-order chi connectivity index (χ1) is 14.4. The number of aromatic hydroxyl groups is 1. The Balaban J connectivity index is 1.89. The molecule has 0 saturated heterocycles. The predicted octanol–water partition coefficient (Wildman–Crippen LogP) is 3.76. The van der Waals surface area contributed by atoms with E-state index >= 15 is 0 Å². The normalized spacial score (nSPS) is 17.3. The third kappa shape index (κ3) is 4.92. The minimum Gasteiger partial charge on any atom is -0.504 e. The number of esters is 2. The van der Waals surface area contributed by atoms with E-state index in [-0.39, 0.29) is 36.8 Å². The Morgan fingerprint density at radius 1 is 1.10 bits per heavy atom. The van der Waals surface area contributed by atoms with Crippen molar-refractivity contribution in [2.24, 2.45) is 0 Å². The molecule has 2 unspecified atom stereocenters. The summed E-state index contributed by atoms with van der Waals surface area (Å²) in [6.07, 6.45) is 3.19. The lowest BCUT2D eigenvalue weighted by Crippen LogP contribution is -2.17. The van der Waals surface area contributed by atoms with E-state index in [1.807, 2.05) is 24.3 Å². The SMILES string of the molecule is COc1cc(C2Oc3ccc(/C=C/COC(C)=O)cc3C2COC(C)=O)ccc1O. The van der Waals surface area contributed by atoms with Gasteiger partial charge in [-0.15, -0.1) is 0 Å². The summed E-state index contributed by atoms with van der Waals surface area (Å²) in [5.41, 5.74) is 2.61. The number of carbonyl (C=O) groups is 2. The Hall–Kier alpha value is -3.48. The van der Waals surface area contributed by atoms with Crippen LogP contribution in [0.2, 0.25) is 0 Å². The first kappa shape index (κ1) is 21.2. The van der Waals surface area contributed by atoms with Gasteiger partial charge in [0.15, 0.2) is 11.5 Å². The van der Waals surface area contributed by atoms with Gasteiger partial charge < -0.3 is 24.1 Å². The lowest BCUT2D eigenvalue weighted by Gasteiger charge is -2.20. The smallest absolute Gasteiger partial charge is 0.302 e. The maximum atomic E-state index is 11.4. The molecule has 1 N–H and O–H groups in total. The third-order valence-corrected chi connectivity index (χ3v) is 4.74. The Morgan fingerprint density at radius 3 is 2.57 bits per heavy atom. The lowest BCUT2D eigenvalue weighted by atomic mass is 9.90. The number of phenols is 1. The lowest BCUT2D eigenvalue weighted by molar-refractivity contribution is -0.142. The van der Waals surface area contributed by atoms with Crippen LogP contribution in [0.3, 0.4) is 0 Å². The molecule has 3 rings (SSSR count). The van der Waals surface area contributed by atoms with Crippen molar-refractivity contribution in [2.75, 3.05) is 20.3 Å². The molecule has 0 aliphatic carbocycles. The molecule has 0 saturated carbocycles. The van der Waals surface area contributed by atoms with Crippen LogP contribution in [0.4, 0.5) is 0 Å². The highest BCUT2D eigenvalue weighted by Gasteiger charge is 2.37. The molecule has 0 bridgehead atoms. The summed E-state index contributed by atoms with van der Waals surface area (Å²) in [5, 5.41) is 9.89. The second kappa shape index (κ2) is 9.35. The average Bonchev–Trinajstić information content (AvgIpc) is 3.07. The molecular weight excluding hydrogens is 388 g/mol. The van der Waals surface area contributed by atoms with Crippen molar-refractivity contribution in [3.63, 3.8) is 0 Å². The fourth-order valence-electron chi connectivity index (χ4n) is 3.36. The van der Waals surface area contributed by atoms with Crippen molar-refractivity contribution in [1.82, 2.24) is 0 Å². The van der Waals surface area contributed by atoms with Crippen molar-refractivity contribution >= 4 is 18.0 Å². The minimum atomic E-state index is -0.408. The summed E-state index contributed by atoms with van der Waals surface area (Å²) in [5.74, 6) is 0.126. The van der Waals surface area contributed by atoms with Crippen LogP contribution in [-0.2, 0) is 19.1 Å². The number of rotatable bonds is 7. The quantitative estimate of drug-likeness (QED) is 0.693. The Bertz CT molecular complexity index is 964. The van der Waals surface area contributed by atoms with E-state index in [1.54, 1.807) is 24.3 Å². The van der Waals surface area contributed by atoms with E-state index in [2.05, 4.69) is 0 Å². The second-order valence-electron chi connectivity index (χ2n) is 6.88. The molecule has 2 atom stereocenters. The van der Waals surface area contributed by atoms with Crippen molar-refractivity contribution < 1.29 is 33.6 Å². The fraction of sp³-hybridized carbons (Fsp3) is 0.304. The van der Waals surface area contributed by atoms with Crippen molar-refractivity contribution in [1.29, 1.82) is 0 Å². The number of hydrogen-bond donors (Lipinski definition) is 1. The van der Waals surface area contributed by atoms with E-state index < -0.39 is 6.10 Å². The Labute approximate surface area is 174 Å². The molecule has 1 heterocycles. The van der Waals surface area contributed by atoms with Gasteiger partial charge in [0, 0.05) is 19.4 Å². The van der Waals surface area contributed by atoms with Crippen molar-refractivity contribution in [2.45, 2.75) is 25.9 Å². The molecule has 0 radical (unpaired) electrons. The summed E-state index contributed by atoms with van der Waals surface area (Å²) in [7, 11) is 1.48. The van der Waals surface area contributed by atoms with Crippen molar-refractivity contribution in [3.05, 3.63) is 59.2 Å². The maximum Gasteiger partial charge on any atom is 0.302 e. The number of benzene rings is 2. The van der Waals surface area contributed by atoms with Gasteiger partial charge in [-0.2, -0.15) is 0 Å². The molecule has 158 valence electrons. The van der Waals surface area contributed by atoms with E-state index in [0.29, 0.717) is 11.5 Å². The van der Waals surface area contributed by atoms with Gasteiger partial charge >= 0.3 is 11.9 Å². The molecule has 0 spiro atoms. The van der Waals surface area contributed by atoms with Gasteiger partial charge in [-0.05, 0) is 41.5 Å². The number of fused-ring (bicyclic) bond motifs is 1. The zero-order valence-electron chi connectivity index (χ0n) is 17.1. The predicted molar refractivity (Wildman–Crippen MR) is 110 cm³/mol. The molecule has 0 aromatic heterocycles. The highest BCUT2D eigenvalue weighted by molar-refractivity contribution is 5.66. The molecular formula is C23H24O7. The Morgan fingerprint density at radius 2 is 1.87 bits per heavy atom. The topological polar surface area (TPSA) is 91.3 Å². The zero-order chi connectivity index (χ0) is 21.7. The van der Waals surface area contributed by atoms with E-state index in [4.69, 9.17) is 18.9 Å². The van der Waals surface area contributed by atoms with Crippen LogP contribution in [0, 0.1) is 0 Å². The van der Waals surface area contributed by atoms with Crippen LogP contribution in [-0.4, -0.2) is 37.4 Å². The highest BCUT2D eigenvalue weighted by atomic mass is 16.5. The largest absolute Gasteiger partial charge is 0.504 e. The van der Waals surface area contributed by atoms with Crippen LogP contribution in [0.1, 0.15) is 42.6 Å². The van der Waals surface area contributed by atoms with Crippen LogP contribution in [0.15, 0.2) is 42.5 Å². The zero-order valence-corrected chi connectivity index (χ0v) is 17.1. The molecule has 1 aliphatic rings. The van der Waals surface area contributed by atoms with E-state index in [0.717, 1.165) is 16.7 Å². The van der Waals surface area contributed by atoms with Gasteiger partial charge in [-0.1, -0.05) is 18.2 Å². The maximum absolute atomic E-state index is 11.4. The summed E-state index contributed by atoms with van der Waals surface area (Å²) in [6, 6.07) is 10.7. The highest BCUT2D eigenvalue weighted by Crippen LogP contribution is 2.47. The van der Waals surface area contributed by atoms with Crippen LogP contribution >= 0.6 is 0 Å². The van der Waals surface area contributed by atoms with Gasteiger partial charge in [0.25, 0.3) is 0 Å². The molecule has 0 amide bonds. The van der Waals surface area contributed by atoms with E-state index in [9.17, 15) is 14.7 Å². The molecule has 7 heteroatoms. The number of hydrogen-bond acceptors (Lipinski definition) is 7. The van der Waals surface area contributed by atoms with Crippen LogP contribution < -0.4 is 9.47 Å².